The molecule has 0 aliphatic carbocycles. The average molecular weight is 297 g/mol. The summed E-state index contributed by atoms with van der Waals surface area (Å²) in [6.07, 6.45) is 1.17. The number of ether oxygens (including phenoxy) is 1. The van der Waals surface area contributed by atoms with Gasteiger partial charge in [0.25, 0.3) is 0 Å². The number of piperidine rings is 1. The Kier molecular flexibility index (Phi) is 5.17. The summed E-state index contributed by atoms with van der Waals surface area (Å²) in [6, 6.07) is 7.17. The van der Waals surface area contributed by atoms with E-state index in [9.17, 15) is 0 Å². The first-order chi connectivity index (χ1) is 9.58. The summed E-state index contributed by atoms with van der Waals surface area (Å²) < 4.78 is 5.22. The minimum absolute atomic E-state index is 0.497. The number of hydrogen-bond donors (Lipinski definition) is 1. The maximum Gasteiger partial charge on any atom is 0.137 e. The van der Waals surface area contributed by atoms with Crippen LogP contribution in [-0.2, 0) is 0 Å². The molecule has 1 heterocycles. The van der Waals surface area contributed by atoms with Crippen LogP contribution in [-0.4, -0.2) is 32.3 Å². The Morgan fingerprint density at radius 2 is 2.15 bits per heavy atom. The van der Waals surface area contributed by atoms with Crippen molar-refractivity contribution in [2.75, 3.05) is 25.1 Å². The third kappa shape index (κ3) is 3.04. The molecular formula is C16H25ClN2O. The van der Waals surface area contributed by atoms with Crippen molar-refractivity contribution < 1.29 is 4.74 Å². The second-order valence-electron chi connectivity index (χ2n) is 5.56. The van der Waals surface area contributed by atoms with Gasteiger partial charge in [-0.25, -0.2) is 0 Å². The summed E-state index contributed by atoms with van der Waals surface area (Å²) in [7, 11) is 1.65. The fourth-order valence-corrected chi connectivity index (χ4v) is 3.36. The maximum atomic E-state index is 6.25. The lowest BCUT2D eigenvalue weighted by atomic mass is 9.86. The van der Waals surface area contributed by atoms with Gasteiger partial charge in [-0.1, -0.05) is 25.4 Å². The topological polar surface area (TPSA) is 24.5 Å². The van der Waals surface area contributed by atoms with Gasteiger partial charge >= 0.3 is 0 Å². The van der Waals surface area contributed by atoms with Crippen molar-refractivity contribution in [3.63, 3.8) is 0 Å². The number of nitrogens with zero attached hydrogens (tertiary/aromatic N) is 1. The number of benzene rings is 1. The highest BCUT2D eigenvalue weighted by Gasteiger charge is 2.32. The van der Waals surface area contributed by atoms with Gasteiger partial charge < -0.3 is 15.0 Å². The van der Waals surface area contributed by atoms with Crippen molar-refractivity contribution in [1.82, 2.24) is 5.32 Å². The number of nitrogens with one attached hydrogen (secondary N) is 1. The zero-order chi connectivity index (χ0) is 14.7. The fourth-order valence-electron chi connectivity index (χ4n) is 3.11. The highest BCUT2D eigenvalue weighted by molar-refractivity contribution is 6.32. The molecule has 1 aliphatic rings. The van der Waals surface area contributed by atoms with Gasteiger partial charge in [0.05, 0.1) is 12.1 Å². The highest BCUT2D eigenvalue weighted by atomic mass is 35.5. The Labute approximate surface area is 127 Å². The van der Waals surface area contributed by atoms with Crippen LogP contribution in [0.4, 0.5) is 5.69 Å². The van der Waals surface area contributed by atoms with E-state index < -0.39 is 0 Å². The molecule has 0 saturated carbocycles. The van der Waals surface area contributed by atoms with E-state index in [1.807, 2.05) is 12.1 Å². The first-order valence-corrected chi connectivity index (χ1v) is 7.79. The normalized spacial score (nSPS) is 26.6. The molecule has 0 aromatic heterocycles. The fraction of sp³-hybridized carbons (Fsp3) is 0.625. The van der Waals surface area contributed by atoms with Crippen LogP contribution in [0.5, 0.6) is 5.75 Å². The molecule has 4 heteroatoms. The summed E-state index contributed by atoms with van der Waals surface area (Å²) in [4.78, 5) is 2.45. The molecule has 2 rings (SSSR count). The molecule has 3 nitrogen and oxygen atoms in total. The number of hydrogen-bond acceptors (Lipinski definition) is 3. The van der Waals surface area contributed by atoms with E-state index in [4.69, 9.17) is 16.3 Å². The monoisotopic (exact) mass is 296 g/mol. The third-order valence-corrected chi connectivity index (χ3v) is 4.80. The zero-order valence-corrected chi connectivity index (χ0v) is 13.6. The number of halogens is 1. The van der Waals surface area contributed by atoms with Crippen molar-refractivity contribution in [3.8, 4) is 5.75 Å². The van der Waals surface area contributed by atoms with E-state index in [1.165, 1.54) is 12.1 Å². The molecule has 112 valence electrons. The molecule has 0 bridgehead atoms. The second kappa shape index (κ2) is 6.68. The van der Waals surface area contributed by atoms with Crippen LogP contribution in [0.1, 0.15) is 27.2 Å². The molecule has 1 aliphatic heterocycles. The Hall–Kier alpha value is -0.930. The molecular weight excluding hydrogens is 272 g/mol. The Morgan fingerprint density at radius 1 is 1.40 bits per heavy atom. The van der Waals surface area contributed by atoms with Crippen molar-refractivity contribution in [2.24, 2.45) is 5.92 Å². The minimum Gasteiger partial charge on any atom is -0.495 e. The molecule has 0 spiro atoms. The summed E-state index contributed by atoms with van der Waals surface area (Å²) >= 11 is 6.25. The largest absolute Gasteiger partial charge is 0.495 e. The SMILES string of the molecule is CCNC1CCN(c2ccc(OC)c(Cl)c2)C(C)C1C. The third-order valence-electron chi connectivity index (χ3n) is 4.50. The molecule has 1 aromatic rings. The molecule has 1 N–H and O–H groups in total. The van der Waals surface area contributed by atoms with Crippen LogP contribution in [0.3, 0.4) is 0 Å². The van der Waals surface area contributed by atoms with Crippen LogP contribution >= 0.6 is 11.6 Å². The lowest BCUT2D eigenvalue weighted by Gasteiger charge is -2.44. The quantitative estimate of drug-likeness (QED) is 0.919. The Morgan fingerprint density at radius 3 is 2.75 bits per heavy atom. The van der Waals surface area contributed by atoms with E-state index in [-0.39, 0.29) is 0 Å². The van der Waals surface area contributed by atoms with E-state index in [1.54, 1.807) is 7.11 Å². The molecule has 0 radical (unpaired) electrons. The predicted molar refractivity (Wildman–Crippen MR) is 86.1 cm³/mol. The molecule has 3 atom stereocenters. The first kappa shape index (κ1) is 15.5. The Bertz CT molecular complexity index is 452. The number of methoxy groups -OCH3 is 1. The minimum atomic E-state index is 0.497. The van der Waals surface area contributed by atoms with Gasteiger partial charge in [0.2, 0.25) is 0 Å². The van der Waals surface area contributed by atoms with Gasteiger partial charge in [-0.3, -0.25) is 0 Å². The summed E-state index contributed by atoms with van der Waals surface area (Å²) in [5.41, 5.74) is 1.19. The van der Waals surface area contributed by atoms with Crippen LogP contribution < -0.4 is 15.0 Å². The van der Waals surface area contributed by atoms with Gasteiger partial charge in [0.1, 0.15) is 5.75 Å². The van der Waals surface area contributed by atoms with Crippen molar-refractivity contribution in [1.29, 1.82) is 0 Å². The smallest absolute Gasteiger partial charge is 0.137 e. The summed E-state index contributed by atoms with van der Waals surface area (Å²) in [6.45, 7) is 8.90. The first-order valence-electron chi connectivity index (χ1n) is 7.42. The van der Waals surface area contributed by atoms with Gasteiger partial charge in [-0.05, 0) is 44.0 Å². The van der Waals surface area contributed by atoms with Gasteiger partial charge in [-0.15, -0.1) is 0 Å². The van der Waals surface area contributed by atoms with Crippen LogP contribution in [0.2, 0.25) is 5.02 Å². The summed E-state index contributed by atoms with van der Waals surface area (Å²) in [5.74, 6) is 1.35. The van der Waals surface area contributed by atoms with Crippen molar-refractivity contribution in [2.45, 2.75) is 39.3 Å². The molecule has 0 amide bonds. The Balaban J connectivity index is 2.15. The van der Waals surface area contributed by atoms with Crippen LogP contribution in [0.25, 0.3) is 0 Å². The standard InChI is InChI=1S/C16H25ClN2O/c1-5-18-15-8-9-19(12(3)11(15)2)13-6-7-16(20-4)14(17)10-13/h6-7,10-12,15,18H,5,8-9H2,1-4H3. The van der Waals surface area contributed by atoms with Crippen molar-refractivity contribution in [3.05, 3.63) is 23.2 Å². The lowest BCUT2D eigenvalue weighted by Crippen LogP contribution is -2.53. The second-order valence-corrected chi connectivity index (χ2v) is 5.97. The van der Waals surface area contributed by atoms with E-state index in [0.29, 0.717) is 23.0 Å². The number of anilines is 1. The van der Waals surface area contributed by atoms with E-state index in [2.05, 4.69) is 37.1 Å². The average Bonchev–Trinajstić information content (AvgIpc) is 2.44. The summed E-state index contributed by atoms with van der Waals surface area (Å²) in [5, 5.41) is 4.27. The number of rotatable bonds is 4. The maximum absolute atomic E-state index is 6.25. The van der Waals surface area contributed by atoms with Crippen LogP contribution in [0.15, 0.2) is 18.2 Å². The van der Waals surface area contributed by atoms with Crippen molar-refractivity contribution >= 4 is 17.3 Å². The van der Waals surface area contributed by atoms with Gasteiger partial charge in [0, 0.05) is 24.3 Å². The van der Waals surface area contributed by atoms with Crippen LogP contribution in [0, 0.1) is 5.92 Å². The molecule has 3 unspecified atom stereocenters. The molecule has 1 aromatic carbocycles. The predicted octanol–water partition coefficient (Wildman–Crippen LogP) is 3.56. The molecule has 1 saturated heterocycles. The molecule has 20 heavy (non-hydrogen) atoms. The van der Waals surface area contributed by atoms with E-state index >= 15 is 0 Å². The van der Waals surface area contributed by atoms with E-state index in [0.717, 1.165) is 18.8 Å². The van der Waals surface area contributed by atoms with Gasteiger partial charge in [-0.2, -0.15) is 0 Å². The highest BCUT2D eigenvalue weighted by Crippen LogP contribution is 2.33. The lowest BCUT2D eigenvalue weighted by molar-refractivity contribution is 0.274. The molecule has 1 fully saturated rings. The van der Waals surface area contributed by atoms with Gasteiger partial charge in [0.15, 0.2) is 0 Å². The zero-order valence-electron chi connectivity index (χ0n) is 12.8.